The molecule has 0 N–H and O–H groups in total. The van der Waals surface area contributed by atoms with E-state index in [0.29, 0.717) is 5.02 Å². The Morgan fingerprint density at radius 3 is 2.70 bits per heavy atom. The molecule has 1 saturated heterocycles. The number of fused-ring (bicyclic) bond motifs is 2. The largest absolute Gasteiger partial charge is 0.454 e. The molecule has 2 aliphatic rings. The zero-order chi connectivity index (χ0) is 15.8. The van der Waals surface area contributed by atoms with Crippen molar-refractivity contribution in [2.45, 2.75) is 19.8 Å². The van der Waals surface area contributed by atoms with Crippen molar-refractivity contribution in [2.75, 3.05) is 13.1 Å². The minimum atomic E-state index is 0.705. The maximum absolute atomic E-state index is 6.24. The Balaban J connectivity index is 1.84. The number of aliphatic imine (C=N–C) groups is 1. The maximum Gasteiger partial charge on any atom is 0.153 e. The first-order valence-corrected chi connectivity index (χ1v) is 8.49. The third-order valence-corrected chi connectivity index (χ3v) is 4.81. The number of para-hydroxylation sites is 2. The van der Waals surface area contributed by atoms with Crippen LogP contribution in [0.3, 0.4) is 0 Å². The van der Waals surface area contributed by atoms with Crippen molar-refractivity contribution in [2.24, 2.45) is 10.9 Å². The molecule has 3 nitrogen and oxygen atoms in total. The molecular weight excluding hydrogens is 308 g/mol. The molecule has 2 heterocycles. The van der Waals surface area contributed by atoms with Gasteiger partial charge in [0, 0.05) is 18.1 Å². The van der Waals surface area contributed by atoms with Gasteiger partial charge in [-0.1, -0.05) is 30.7 Å². The molecule has 0 aromatic heterocycles. The Kier molecular flexibility index (Phi) is 3.74. The van der Waals surface area contributed by atoms with Crippen LogP contribution in [-0.2, 0) is 0 Å². The standard InChI is InChI=1S/C19H19ClN2O/c1-13-8-10-22(11-9-13)19-15-12-14(20)6-7-17(15)23-18-5-3-2-4-16(18)21-19/h2-7,12-13H,8-11H2,1H3. The summed E-state index contributed by atoms with van der Waals surface area (Å²) in [6, 6.07) is 13.7. The van der Waals surface area contributed by atoms with Gasteiger partial charge in [0.1, 0.15) is 17.3 Å². The fourth-order valence-corrected chi connectivity index (χ4v) is 3.33. The Morgan fingerprint density at radius 2 is 1.87 bits per heavy atom. The summed E-state index contributed by atoms with van der Waals surface area (Å²) < 4.78 is 6.10. The van der Waals surface area contributed by atoms with Crippen LogP contribution in [0.25, 0.3) is 0 Å². The second kappa shape index (κ2) is 5.89. The Labute approximate surface area is 141 Å². The molecule has 0 saturated carbocycles. The van der Waals surface area contributed by atoms with Crippen LogP contribution in [0, 0.1) is 5.92 Å². The van der Waals surface area contributed by atoms with Gasteiger partial charge >= 0.3 is 0 Å². The highest BCUT2D eigenvalue weighted by Crippen LogP contribution is 2.39. The molecule has 2 aromatic rings. The Bertz CT molecular complexity index is 764. The molecule has 0 spiro atoms. The number of likely N-dealkylation sites (tertiary alicyclic amines) is 1. The number of piperidine rings is 1. The van der Waals surface area contributed by atoms with E-state index < -0.39 is 0 Å². The van der Waals surface area contributed by atoms with E-state index in [2.05, 4.69) is 11.8 Å². The van der Waals surface area contributed by atoms with Crippen molar-refractivity contribution in [3.63, 3.8) is 0 Å². The number of benzene rings is 2. The van der Waals surface area contributed by atoms with Crippen molar-refractivity contribution in [1.82, 2.24) is 4.90 Å². The SMILES string of the molecule is CC1CCN(C2=Nc3ccccc3Oc3ccc(Cl)cc32)CC1. The van der Waals surface area contributed by atoms with Crippen molar-refractivity contribution in [1.29, 1.82) is 0 Å². The van der Waals surface area contributed by atoms with E-state index in [-0.39, 0.29) is 0 Å². The van der Waals surface area contributed by atoms with Crippen molar-refractivity contribution >= 4 is 23.1 Å². The molecule has 0 amide bonds. The first-order chi connectivity index (χ1) is 11.2. The number of rotatable bonds is 0. The van der Waals surface area contributed by atoms with Gasteiger partial charge in [-0.15, -0.1) is 0 Å². The van der Waals surface area contributed by atoms with E-state index in [0.717, 1.165) is 47.6 Å². The summed E-state index contributed by atoms with van der Waals surface area (Å²) in [5.41, 5.74) is 1.84. The van der Waals surface area contributed by atoms with Gasteiger partial charge in [-0.25, -0.2) is 4.99 Å². The summed E-state index contributed by atoms with van der Waals surface area (Å²) in [5, 5.41) is 0.705. The highest BCUT2D eigenvalue weighted by molar-refractivity contribution is 6.31. The fourth-order valence-electron chi connectivity index (χ4n) is 3.16. The van der Waals surface area contributed by atoms with Gasteiger partial charge in [0.15, 0.2) is 5.75 Å². The van der Waals surface area contributed by atoms with Crippen molar-refractivity contribution in [3.8, 4) is 11.5 Å². The van der Waals surface area contributed by atoms with Crippen LogP contribution >= 0.6 is 11.6 Å². The molecule has 0 bridgehead atoms. The first-order valence-electron chi connectivity index (χ1n) is 8.11. The Morgan fingerprint density at radius 1 is 1.09 bits per heavy atom. The lowest BCUT2D eigenvalue weighted by atomic mass is 9.98. The maximum atomic E-state index is 6.24. The summed E-state index contributed by atoms with van der Waals surface area (Å²) >= 11 is 6.24. The smallest absolute Gasteiger partial charge is 0.153 e. The van der Waals surface area contributed by atoms with E-state index in [1.807, 2.05) is 42.5 Å². The molecule has 2 aromatic carbocycles. The Hall–Kier alpha value is -2.00. The predicted octanol–water partition coefficient (Wildman–Crippen LogP) is 5.26. The van der Waals surface area contributed by atoms with Gasteiger partial charge in [0.05, 0.1) is 5.56 Å². The van der Waals surface area contributed by atoms with Crippen LogP contribution in [-0.4, -0.2) is 23.8 Å². The summed E-state index contributed by atoms with van der Waals surface area (Å²) in [6.45, 7) is 4.36. The topological polar surface area (TPSA) is 24.8 Å². The van der Waals surface area contributed by atoms with Crippen LogP contribution in [0.15, 0.2) is 47.5 Å². The van der Waals surface area contributed by atoms with E-state index in [9.17, 15) is 0 Å². The average Bonchev–Trinajstić information content (AvgIpc) is 2.72. The van der Waals surface area contributed by atoms with Gasteiger partial charge in [0.2, 0.25) is 0 Å². The second-order valence-electron chi connectivity index (χ2n) is 6.32. The molecule has 0 atom stereocenters. The fraction of sp³-hybridized carbons (Fsp3) is 0.316. The van der Waals surface area contributed by atoms with Crippen molar-refractivity contribution in [3.05, 3.63) is 53.1 Å². The summed E-state index contributed by atoms with van der Waals surface area (Å²) in [7, 11) is 0. The predicted molar refractivity (Wildman–Crippen MR) is 94.1 cm³/mol. The lowest BCUT2D eigenvalue weighted by Crippen LogP contribution is -2.38. The molecule has 4 heteroatoms. The van der Waals surface area contributed by atoms with E-state index in [4.69, 9.17) is 21.3 Å². The normalized spacial score (nSPS) is 17.7. The summed E-state index contributed by atoms with van der Waals surface area (Å²) in [4.78, 5) is 7.29. The third-order valence-electron chi connectivity index (χ3n) is 4.58. The summed E-state index contributed by atoms with van der Waals surface area (Å²) in [5.74, 6) is 3.35. The number of amidine groups is 1. The van der Waals surface area contributed by atoms with Crippen LogP contribution in [0.2, 0.25) is 5.02 Å². The van der Waals surface area contributed by atoms with Crippen LogP contribution < -0.4 is 4.74 Å². The quantitative estimate of drug-likeness (QED) is 0.660. The highest BCUT2D eigenvalue weighted by Gasteiger charge is 2.25. The number of halogens is 1. The van der Waals surface area contributed by atoms with Crippen LogP contribution in [0.4, 0.5) is 5.69 Å². The van der Waals surface area contributed by atoms with Gasteiger partial charge in [-0.3, -0.25) is 0 Å². The van der Waals surface area contributed by atoms with E-state index in [1.54, 1.807) is 0 Å². The molecule has 4 rings (SSSR count). The van der Waals surface area contributed by atoms with Gasteiger partial charge in [-0.2, -0.15) is 0 Å². The second-order valence-corrected chi connectivity index (χ2v) is 6.75. The van der Waals surface area contributed by atoms with Crippen LogP contribution in [0.5, 0.6) is 11.5 Å². The van der Waals surface area contributed by atoms with Gasteiger partial charge < -0.3 is 9.64 Å². The minimum Gasteiger partial charge on any atom is -0.454 e. The molecule has 0 aliphatic carbocycles. The molecule has 0 radical (unpaired) electrons. The molecule has 118 valence electrons. The zero-order valence-corrected chi connectivity index (χ0v) is 13.9. The number of nitrogens with zero attached hydrogens (tertiary/aromatic N) is 2. The molecule has 23 heavy (non-hydrogen) atoms. The van der Waals surface area contributed by atoms with Crippen LogP contribution in [0.1, 0.15) is 25.3 Å². The minimum absolute atomic E-state index is 0.705. The third kappa shape index (κ3) is 2.81. The lowest BCUT2D eigenvalue weighted by Gasteiger charge is -2.33. The molecular formula is C19H19ClN2O. The van der Waals surface area contributed by atoms with Gasteiger partial charge in [0.25, 0.3) is 0 Å². The zero-order valence-electron chi connectivity index (χ0n) is 13.1. The number of hydrogen-bond acceptors (Lipinski definition) is 3. The molecule has 0 unspecified atom stereocenters. The summed E-state index contributed by atoms with van der Waals surface area (Å²) in [6.07, 6.45) is 2.38. The lowest BCUT2D eigenvalue weighted by molar-refractivity contribution is 0.281. The molecule has 1 fully saturated rings. The first kappa shape index (κ1) is 14.6. The van der Waals surface area contributed by atoms with E-state index in [1.165, 1.54) is 12.8 Å². The van der Waals surface area contributed by atoms with Gasteiger partial charge in [-0.05, 0) is 49.1 Å². The number of hydrogen-bond donors (Lipinski definition) is 0. The molecule has 2 aliphatic heterocycles. The van der Waals surface area contributed by atoms with Crippen molar-refractivity contribution < 1.29 is 4.74 Å². The average molecular weight is 327 g/mol. The number of ether oxygens (including phenoxy) is 1. The highest BCUT2D eigenvalue weighted by atomic mass is 35.5. The van der Waals surface area contributed by atoms with E-state index >= 15 is 0 Å². The monoisotopic (exact) mass is 326 g/mol.